The van der Waals surface area contributed by atoms with Crippen LogP contribution in [-0.2, 0) is 14.2 Å². The molecule has 3 aliphatic heterocycles. The molecule has 3 fully saturated rings. The summed E-state index contributed by atoms with van der Waals surface area (Å²) in [5, 5.41) is 50.1. The molecule has 3 aliphatic rings. The van der Waals surface area contributed by atoms with Crippen molar-refractivity contribution in [2.75, 3.05) is 41.2 Å². The smallest absolute Gasteiger partial charge is 0.229 e. The summed E-state index contributed by atoms with van der Waals surface area (Å²) in [4.78, 5) is 0. The third-order valence-electron chi connectivity index (χ3n) is 7.69. The van der Waals surface area contributed by atoms with Gasteiger partial charge in [-0.2, -0.15) is 0 Å². The molecule has 0 saturated carbocycles. The summed E-state index contributed by atoms with van der Waals surface area (Å²) < 4.78 is 40.2. The van der Waals surface area contributed by atoms with Gasteiger partial charge in [-0.05, 0) is 35.4 Å². The Balaban J connectivity index is 1.38. The Morgan fingerprint density at radius 3 is 1.90 bits per heavy atom. The molecule has 0 spiro atoms. The van der Waals surface area contributed by atoms with Gasteiger partial charge in [0.25, 0.3) is 0 Å². The zero-order valence-electron chi connectivity index (χ0n) is 21.8. The van der Waals surface area contributed by atoms with E-state index in [1.165, 1.54) is 21.3 Å². The Hall–Kier alpha value is -2.84. The van der Waals surface area contributed by atoms with Gasteiger partial charge < -0.3 is 58.7 Å². The molecule has 0 bridgehead atoms. The number of rotatable bonds is 8. The molecule has 39 heavy (non-hydrogen) atoms. The fourth-order valence-electron chi connectivity index (χ4n) is 5.57. The zero-order valence-corrected chi connectivity index (χ0v) is 21.8. The van der Waals surface area contributed by atoms with Crippen molar-refractivity contribution >= 4 is 0 Å². The van der Waals surface area contributed by atoms with Crippen molar-refractivity contribution in [2.24, 2.45) is 11.8 Å². The van der Waals surface area contributed by atoms with Crippen LogP contribution in [-0.4, -0.2) is 97.4 Å². The molecule has 2 aromatic carbocycles. The number of aromatic hydroxyl groups is 1. The fourth-order valence-corrected chi connectivity index (χ4v) is 5.57. The van der Waals surface area contributed by atoms with Crippen LogP contribution in [0, 0.1) is 11.8 Å². The van der Waals surface area contributed by atoms with E-state index in [1.807, 2.05) is 6.07 Å². The normalized spacial score (nSPS) is 34.0. The summed E-state index contributed by atoms with van der Waals surface area (Å²) in [5.74, 6) is 1.17. The van der Waals surface area contributed by atoms with Crippen LogP contribution < -0.4 is 18.9 Å². The highest BCUT2D eigenvalue weighted by atomic mass is 16.7. The van der Waals surface area contributed by atoms with Crippen molar-refractivity contribution in [3.63, 3.8) is 0 Å². The molecule has 2 aromatic rings. The van der Waals surface area contributed by atoms with Crippen LogP contribution >= 0.6 is 0 Å². The number of phenols is 1. The fraction of sp³-hybridized carbons (Fsp3) is 0.556. The first-order valence-corrected chi connectivity index (χ1v) is 12.6. The van der Waals surface area contributed by atoms with Crippen LogP contribution in [0.4, 0.5) is 0 Å². The van der Waals surface area contributed by atoms with Crippen molar-refractivity contribution < 1.29 is 58.7 Å². The van der Waals surface area contributed by atoms with Crippen molar-refractivity contribution in [3.8, 4) is 28.7 Å². The van der Waals surface area contributed by atoms with Crippen molar-refractivity contribution in [1.29, 1.82) is 0 Å². The van der Waals surface area contributed by atoms with Crippen LogP contribution in [0.1, 0.15) is 23.3 Å². The molecule has 1 unspecified atom stereocenters. The van der Waals surface area contributed by atoms with Gasteiger partial charge in [0, 0.05) is 11.8 Å². The highest BCUT2D eigenvalue weighted by molar-refractivity contribution is 5.55. The topological polar surface area (TPSA) is 166 Å². The van der Waals surface area contributed by atoms with Gasteiger partial charge in [-0.15, -0.1) is 0 Å². The Labute approximate surface area is 225 Å². The minimum Gasteiger partial charge on any atom is -0.504 e. The van der Waals surface area contributed by atoms with Gasteiger partial charge in [-0.1, -0.05) is 6.07 Å². The van der Waals surface area contributed by atoms with Gasteiger partial charge in [-0.3, -0.25) is 0 Å². The average Bonchev–Trinajstić information content (AvgIpc) is 3.56. The Morgan fingerprint density at radius 2 is 1.33 bits per heavy atom. The lowest BCUT2D eigenvalue weighted by atomic mass is 9.84. The molecule has 5 N–H and O–H groups in total. The third-order valence-corrected chi connectivity index (χ3v) is 7.69. The van der Waals surface area contributed by atoms with Crippen LogP contribution in [0.5, 0.6) is 28.7 Å². The van der Waals surface area contributed by atoms with Crippen LogP contribution in [0.2, 0.25) is 0 Å². The molecule has 0 radical (unpaired) electrons. The van der Waals surface area contributed by atoms with E-state index in [9.17, 15) is 25.5 Å². The maximum absolute atomic E-state index is 10.4. The predicted octanol–water partition coefficient (Wildman–Crippen LogP) is 0.672. The Bertz CT molecular complexity index is 1130. The minimum atomic E-state index is -1.60. The second-order valence-corrected chi connectivity index (χ2v) is 9.84. The largest absolute Gasteiger partial charge is 0.504 e. The van der Waals surface area contributed by atoms with Crippen LogP contribution in [0.25, 0.3) is 0 Å². The molecular weight excluding hydrogens is 516 g/mol. The molecule has 12 heteroatoms. The maximum atomic E-state index is 10.4. The number of fused-ring (bicyclic) bond motifs is 1. The van der Waals surface area contributed by atoms with Crippen LogP contribution in [0.3, 0.4) is 0 Å². The molecule has 3 saturated heterocycles. The van der Waals surface area contributed by atoms with E-state index in [0.717, 1.165) is 11.1 Å². The molecule has 12 nitrogen and oxygen atoms in total. The predicted molar refractivity (Wildman–Crippen MR) is 133 cm³/mol. The summed E-state index contributed by atoms with van der Waals surface area (Å²) in [6.45, 7) is 0.327. The van der Waals surface area contributed by atoms with E-state index in [0.29, 0.717) is 19.0 Å². The van der Waals surface area contributed by atoms with Gasteiger partial charge in [-0.25, -0.2) is 0 Å². The molecule has 0 amide bonds. The molecule has 5 rings (SSSR count). The number of methoxy groups -OCH3 is 3. The number of phenolic OH excluding ortho intramolecular Hbond substituents is 1. The van der Waals surface area contributed by atoms with Crippen molar-refractivity contribution in [1.82, 2.24) is 0 Å². The number of aliphatic hydroxyl groups is 4. The standard InChI is InChI=1S/C27H34O12/c1-33-17-6-12(4-5-16(17)29)24-14-10-37-25(15(14)11-36-24)13-7-18(34-2)26(19(8-13)35-3)39-27-23(32)22(31)21(30)20(9-28)38-27/h4-8,14-15,20-25,27-32H,9-11H2,1-3H3/t14-,15-,20+,21+,22-,23+,24?,25+,27-/m0/s1. The van der Waals surface area contributed by atoms with E-state index in [4.69, 9.17) is 33.2 Å². The molecule has 9 atom stereocenters. The van der Waals surface area contributed by atoms with E-state index >= 15 is 0 Å². The molecule has 3 heterocycles. The molecule has 0 aliphatic carbocycles. The number of benzene rings is 2. The lowest BCUT2D eigenvalue weighted by molar-refractivity contribution is -0.277. The lowest BCUT2D eigenvalue weighted by Gasteiger charge is -2.39. The summed E-state index contributed by atoms with van der Waals surface area (Å²) in [6, 6.07) is 8.65. The van der Waals surface area contributed by atoms with Gasteiger partial charge >= 0.3 is 0 Å². The van der Waals surface area contributed by atoms with Gasteiger partial charge in [0.05, 0.1) is 53.4 Å². The number of hydrogen-bond acceptors (Lipinski definition) is 12. The van der Waals surface area contributed by atoms with E-state index in [2.05, 4.69) is 0 Å². The first kappa shape index (κ1) is 27.7. The van der Waals surface area contributed by atoms with Gasteiger partial charge in [0.2, 0.25) is 12.0 Å². The zero-order chi connectivity index (χ0) is 27.8. The maximum Gasteiger partial charge on any atom is 0.229 e. The molecule has 214 valence electrons. The first-order chi connectivity index (χ1) is 18.8. The van der Waals surface area contributed by atoms with Crippen molar-refractivity contribution in [2.45, 2.75) is 42.9 Å². The molecular formula is C27H34O12. The second-order valence-electron chi connectivity index (χ2n) is 9.84. The summed E-state index contributed by atoms with van der Waals surface area (Å²) in [6.07, 6.45) is -7.80. The monoisotopic (exact) mass is 550 g/mol. The number of ether oxygens (including phenoxy) is 7. The van der Waals surface area contributed by atoms with Gasteiger partial charge in [0.15, 0.2) is 23.0 Å². The van der Waals surface area contributed by atoms with Crippen molar-refractivity contribution in [3.05, 3.63) is 41.5 Å². The number of hydrogen-bond donors (Lipinski definition) is 5. The highest BCUT2D eigenvalue weighted by Crippen LogP contribution is 2.53. The summed E-state index contributed by atoms with van der Waals surface area (Å²) >= 11 is 0. The van der Waals surface area contributed by atoms with E-state index in [-0.39, 0.29) is 47.0 Å². The Kier molecular flexibility index (Phi) is 8.06. The third kappa shape index (κ3) is 4.97. The summed E-state index contributed by atoms with van der Waals surface area (Å²) in [7, 11) is 4.39. The first-order valence-electron chi connectivity index (χ1n) is 12.6. The number of aliphatic hydroxyl groups excluding tert-OH is 4. The Morgan fingerprint density at radius 1 is 0.769 bits per heavy atom. The van der Waals surface area contributed by atoms with E-state index < -0.39 is 37.3 Å². The minimum absolute atomic E-state index is 0.0291. The second kappa shape index (κ2) is 11.3. The lowest BCUT2D eigenvalue weighted by Crippen LogP contribution is -2.60. The quantitative estimate of drug-likeness (QED) is 0.312. The highest BCUT2D eigenvalue weighted by Gasteiger charge is 2.49. The van der Waals surface area contributed by atoms with E-state index in [1.54, 1.807) is 24.3 Å². The SMILES string of the molecule is COc1cc(C2OC[C@@H]3[C@@H](c4cc(OC)c(O[C@@H]5O[C@H](CO)[C@@H](O)[C@H](O)[C@H]5O)c(OC)c4)OC[C@H]23)ccc1O. The van der Waals surface area contributed by atoms with Crippen LogP contribution in [0.15, 0.2) is 30.3 Å². The average molecular weight is 551 g/mol. The molecule has 0 aromatic heterocycles. The van der Waals surface area contributed by atoms with Gasteiger partial charge in [0.1, 0.15) is 24.4 Å². The summed E-state index contributed by atoms with van der Waals surface area (Å²) in [5.41, 5.74) is 1.66.